The number of aromatic amines is 1. The molecule has 0 spiro atoms. The van der Waals surface area contributed by atoms with Crippen molar-refractivity contribution in [3.63, 3.8) is 0 Å². The molecule has 2 aromatic carbocycles. The van der Waals surface area contributed by atoms with Crippen LogP contribution in [-0.2, 0) is 0 Å². The number of amides is 1. The number of hydrogen-bond acceptors (Lipinski definition) is 5. The van der Waals surface area contributed by atoms with Crippen molar-refractivity contribution >= 4 is 40.0 Å². The average Bonchev–Trinajstić information content (AvgIpc) is 3.48. The molecule has 8 heteroatoms. The topological polar surface area (TPSA) is 85.9 Å². The Morgan fingerprint density at radius 2 is 1.81 bits per heavy atom. The van der Waals surface area contributed by atoms with Crippen LogP contribution >= 0.6 is 0 Å². The lowest BCUT2D eigenvalue weighted by molar-refractivity contribution is 0.102. The highest BCUT2D eigenvalue weighted by Crippen LogP contribution is 2.26. The molecule has 3 heterocycles. The Hall–Kier alpha value is -3.94. The molecule has 1 amide bonds. The molecule has 0 saturated carbocycles. The summed E-state index contributed by atoms with van der Waals surface area (Å²) in [6, 6.07) is 14.6. The quantitative estimate of drug-likeness (QED) is 0.415. The number of anilines is 4. The Morgan fingerprint density at radius 3 is 2.59 bits per heavy atom. The lowest BCUT2D eigenvalue weighted by Crippen LogP contribution is -2.21. The number of H-pyrrole nitrogens is 1. The summed E-state index contributed by atoms with van der Waals surface area (Å²) in [6.45, 7) is 3.40. The van der Waals surface area contributed by atoms with Crippen LogP contribution in [0.2, 0.25) is 0 Å². The van der Waals surface area contributed by atoms with Crippen molar-refractivity contribution in [2.75, 3.05) is 28.6 Å². The fourth-order valence-electron chi connectivity index (χ4n) is 3.90. The van der Waals surface area contributed by atoms with E-state index in [1.807, 2.05) is 24.3 Å². The van der Waals surface area contributed by atoms with Crippen LogP contribution in [-0.4, -0.2) is 33.9 Å². The fourth-order valence-corrected chi connectivity index (χ4v) is 3.90. The zero-order valence-electron chi connectivity index (χ0n) is 17.7. The number of hydrogen-bond donors (Lipinski definition) is 3. The van der Waals surface area contributed by atoms with Crippen molar-refractivity contribution in [1.82, 2.24) is 15.0 Å². The number of nitrogens with one attached hydrogen (secondary N) is 3. The second kappa shape index (κ2) is 8.30. The molecule has 162 valence electrons. The minimum atomic E-state index is -0.478. The number of carbonyl (C=O) groups excluding carboxylic acids is 1. The van der Waals surface area contributed by atoms with E-state index >= 15 is 0 Å². The molecule has 32 heavy (non-hydrogen) atoms. The van der Waals surface area contributed by atoms with E-state index in [1.165, 1.54) is 0 Å². The lowest BCUT2D eigenvalue weighted by atomic mass is 10.2. The van der Waals surface area contributed by atoms with Crippen molar-refractivity contribution in [2.24, 2.45) is 0 Å². The highest BCUT2D eigenvalue weighted by atomic mass is 19.1. The smallest absolute Gasteiger partial charge is 0.255 e. The first-order valence-corrected chi connectivity index (χ1v) is 10.6. The molecule has 1 aliphatic heterocycles. The van der Waals surface area contributed by atoms with Crippen LogP contribution in [0.25, 0.3) is 10.9 Å². The van der Waals surface area contributed by atoms with Gasteiger partial charge in [-0.25, -0.2) is 9.37 Å². The maximum Gasteiger partial charge on any atom is 0.255 e. The Balaban J connectivity index is 1.32. The number of para-hydroxylation sites is 1. The van der Waals surface area contributed by atoms with Gasteiger partial charge in [-0.3, -0.25) is 4.79 Å². The Bertz CT molecular complexity index is 1280. The number of aromatic nitrogens is 3. The van der Waals surface area contributed by atoms with Gasteiger partial charge in [-0.05, 0) is 50.1 Å². The molecule has 0 unspecified atom stereocenters. The average molecular weight is 430 g/mol. The molecule has 0 bridgehead atoms. The van der Waals surface area contributed by atoms with Gasteiger partial charge in [0.15, 0.2) is 11.6 Å². The summed E-state index contributed by atoms with van der Waals surface area (Å²) in [5, 5.41) is 6.90. The SMILES string of the molecule is Cc1nc(N2CCCC2)nc(Nc2ccc(C(=O)Nc3c[nH]c4ccccc34)cc2)c1F. The van der Waals surface area contributed by atoms with Crippen molar-refractivity contribution in [3.05, 3.63) is 71.8 Å². The predicted octanol–water partition coefficient (Wildman–Crippen LogP) is 5.00. The van der Waals surface area contributed by atoms with Gasteiger partial charge in [0.2, 0.25) is 5.95 Å². The molecule has 1 fully saturated rings. The van der Waals surface area contributed by atoms with Gasteiger partial charge in [0.25, 0.3) is 5.91 Å². The molecular formula is C24H23FN6O. The molecule has 1 saturated heterocycles. The van der Waals surface area contributed by atoms with Crippen LogP contribution in [0.1, 0.15) is 28.9 Å². The van der Waals surface area contributed by atoms with Crippen LogP contribution in [0, 0.1) is 12.7 Å². The molecule has 3 N–H and O–H groups in total. The first-order valence-electron chi connectivity index (χ1n) is 10.6. The lowest BCUT2D eigenvalue weighted by Gasteiger charge is -2.17. The zero-order chi connectivity index (χ0) is 22.1. The van der Waals surface area contributed by atoms with E-state index in [0.717, 1.165) is 42.5 Å². The van der Waals surface area contributed by atoms with Crippen LogP contribution < -0.4 is 15.5 Å². The Labute approximate surface area is 184 Å². The molecule has 5 rings (SSSR count). The number of benzene rings is 2. The maximum atomic E-state index is 14.6. The zero-order valence-corrected chi connectivity index (χ0v) is 17.7. The number of nitrogens with zero attached hydrogens (tertiary/aromatic N) is 3. The van der Waals surface area contributed by atoms with Gasteiger partial charge < -0.3 is 20.5 Å². The summed E-state index contributed by atoms with van der Waals surface area (Å²) in [5.41, 5.74) is 3.12. The minimum absolute atomic E-state index is 0.135. The van der Waals surface area contributed by atoms with E-state index in [9.17, 15) is 9.18 Å². The molecule has 1 aliphatic rings. The van der Waals surface area contributed by atoms with Gasteiger partial charge in [-0.15, -0.1) is 0 Å². The van der Waals surface area contributed by atoms with Gasteiger partial charge in [0, 0.05) is 41.4 Å². The summed E-state index contributed by atoms with van der Waals surface area (Å²) < 4.78 is 14.6. The number of carbonyl (C=O) groups is 1. The number of fused-ring (bicyclic) bond motifs is 1. The van der Waals surface area contributed by atoms with Crippen LogP contribution in [0.3, 0.4) is 0 Å². The summed E-state index contributed by atoms with van der Waals surface area (Å²) in [4.78, 5) is 26.6. The number of aryl methyl sites for hydroxylation is 1. The highest BCUT2D eigenvalue weighted by molar-refractivity contribution is 6.09. The van der Waals surface area contributed by atoms with E-state index in [4.69, 9.17) is 0 Å². The van der Waals surface area contributed by atoms with E-state index in [0.29, 0.717) is 22.9 Å². The van der Waals surface area contributed by atoms with E-state index < -0.39 is 5.82 Å². The molecule has 7 nitrogen and oxygen atoms in total. The van der Waals surface area contributed by atoms with Crippen molar-refractivity contribution in [2.45, 2.75) is 19.8 Å². The summed E-state index contributed by atoms with van der Waals surface area (Å²) in [7, 11) is 0. The van der Waals surface area contributed by atoms with Gasteiger partial charge in [-0.2, -0.15) is 4.98 Å². The van der Waals surface area contributed by atoms with E-state index in [2.05, 4.69) is 30.5 Å². The first-order chi connectivity index (χ1) is 15.6. The predicted molar refractivity (Wildman–Crippen MR) is 124 cm³/mol. The molecule has 0 radical (unpaired) electrons. The number of rotatable bonds is 5. The van der Waals surface area contributed by atoms with E-state index in [-0.39, 0.29) is 11.7 Å². The normalized spacial score (nSPS) is 13.5. The van der Waals surface area contributed by atoms with Crippen LogP contribution in [0.4, 0.5) is 27.5 Å². The van der Waals surface area contributed by atoms with Crippen LogP contribution in [0.5, 0.6) is 0 Å². The monoisotopic (exact) mass is 430 g/mol. The summed E-state index contributed by atoms with van der Waals surface area (Å²) >= 11 is 0. The minimum Gasteiger partial charge on any atom is -0.359 e. The molecular weight excluding hydrogens is 407 g/mol. The third-order valence-corrected chi connectivity index (χ3v) is 5.64. The van der Waals surface area contributed by atoms with Crippen LogP contribution in [0.15, 0.2) is 54.7 Å². The van der Waals surface area contributed by atoms with Gasteiger partial charge in [0.05, 0.1) is 11.4 Å². The highest BCUT2D eigenvalue weighted by Gasteiger charge is 2.19. The van der Waals surface area contributed by atoms with Crippen molar-refractivity contribution < 1.29 is 9.18 Å². The second-order valence-corrected chi connectivity index (χ2v) is 7.87. The summed E-state index contributed by atoms with van der Waals surface area (Å²) in [5.74, 6) is -0.0233. The number of halogens is 1. The molecule has 2 aromatic heterocycles. The third-order valence-electron chi connectivity index (χ3n) is 5.64. The van der Waals surface area contributed by atoms with Gasteiger partial charge in [0.1, 0.15) is 0 Å². The Morgan fingerprint density at radius 1 is 1.06 bits per heavy atom. The van der Waals surface area contributed by atoms with Gasteiger partial charge in [-0.1, -0.05) is 18.2 Å². The van der Waals surface area contributed by atoms with Crippen molar-refractivity contribution in [1.29, 1.82) is 0 Å². The van der Waals surface area contributed by atoms with Crippen molar-refractivity contribution in [3.8, 4) is 0 Å². The summed E-state index contributed by atoms with van der Waals surface area (Å²) in [6.07, 6.45) is 3.95. The van der Waals surface area contributed by atoms with Gasteiger partial charge >= 0.3 is 0 Å². The second-order valence-electron chi connectivity index (χ2n) is 7.87. The Kier molecular flexibility index (Phi) is 5.18. The fraction of sp³-hybridized carbons (Fsp3) is 0.208. The molecule has 0 aliphatic carbocycles. The van der Waals surface area contributed by atoms with E-state index in [1.54, 1.807) is 37.4 Å². The molecule has 0 atom stereocenters. The third kappa shape index (κ3) is 3.87. The molecule has 4 aromatic rings. The maximum absolute atomic E-state index is 14.6. The standard InChI is InChI=1S/C24H23FN6O/c1-15-21(25)22(30-24(27-15)31-12-4-5-13-31)28-17-10-8-16(9-11-17)23(32)29-20-14-26-19-7-3-2-6-18(19)20/h2-3,6-11,14,26H,4-5,12-13H2,1H3,(H,29,32)(H,27,28,30). The largest absolute Gasteiger partial charge is 0.359 e. The first kappa shape index (κ1) is 20.0.